The van der Waals surface area contributed by atoms with Crippen LogP contribution in [0.2, 0.25) is 0 Å². The van der Waals surface area contributed by atoms with E-state index in [2.05, 4.69) is 11.9 Å². The van der Waals surface area contributed by atoms with Crippen LogP contribution in [0, 0.1) is 0 Å². The zero-order valence-corrected chi connectivity index (χ0v) is 12.3. The molecule has 2 aliphatic heterocycles. The molecule has 1 aromatic heterocycles. The summed E-state index contributed by atoms with van der Waals surface area (Å²) in [5.74, 6) is 1.61. The van der Waals surface area contributed by atoms with Gasteiger partial charge in [0.1, 0.15) is 0 Å². The molecule has 2 aromatic rings. The largest absolute Gasteiger partial charge is 0.454 e. The Kier molecular flexibility index (Phi) is 2.99. The SMILES string of the molecule is CC1Cc2cc3c(cc2CN1C(=O)c1ccncc1)OCO3. The van der Waals surface area contributed by atoms with E-state index in [-0.39, 0.29) is 18.7 Å². The van der Waals surface area contributed by atoms with Crippen LogP contribution in [-0.2, 0) is 13.0 Å². The molecule has 0 bridgehead atoms. The molecule has 0 saturated carbocycles. The van der Waals surface area contributed by atoms with E-state index in [0.717, 1.165) is 23.5 Å². The monoisotopic (exact) mass is 296 g/mol. The Morgan fingerprint density at radius 3 is 2.59 bits per heavy atom. The summed E-state index contributed by atoms with van der Waals surface area (Å²) in [7, 11) is 0. The summed E-state index contributed by atoms with van der Waals surface area (Å²) in [6.45, 7) is 2.94. The summed E-state index contributed by atoms with van der Waals surface area (Å²) >= 11 is 0. The Morgan fingerprint density at radius 1 is 1.18 bits per heavy atom. The zero-order valence-electron chi connectivity index (χ0n) is 12.3. The van der Waals surface area contributed by atoms with Gasteiger partial charge in [0, 0.05) is 30.5 Å². The van der Waals surface area contributed by atoms with Gasteiger partial charge in [-0.1, -0.05) is 0 Å². The van der Waals surface area contributed by atoms with E-state index in [0.29, 0.717) is 12.1 Å². The van der Waals surface area contributed by atoms with Crippen molar-refractivity contribution in [1.29, 1.82) is 0 Å². The molecule has 0 aliphatic carbocycles. The zero-order chi connectivity index (χ0) is 15.1. The van der Waals surface area contributed by atoms with Crippen molar-refractivity contribution in [2.75, 3.05) is 6.79 Å². The lowest BCUT2D eigenvalue weighted by Crippen LogP contribution is -2.42. The van der Waals surface area contributed by atoms with Gasteiger partial charge in [0.2, 0.25) is 6.79 Å². The number of benzene rings is 1. The van der Waals surface area contributed by atoms with Crippen molar-refractivity contribution in [1.82, 2.24) is 9.88 Å². The minimum atomic E-state index is 0.0400. The standard InChI is InChI=1S/C17H16N2O3/c1-11-6-13-7-15-16(22-10-21-15)8-14(13)9-19(11)17(20)12-2-4-18-5-3-12/h2-5,7-8,11H,6,9-10H2,1H3. The van der Waals surface area contributed by atoms with E-state index in [1.807, 2.05) is 17.0 Å². The van der Waals surface area contributed by atoms with Gasteiger partial charge in [-0.3, -0.25) is 9.78 Å². The first-order valence-corrected chi connectivity index (χ1v) is 7.35. The van der Waals surface area contributed by atoms with Crippen molar-refractivity contribution >= 4 is 5.91 Å². The van der Waals surface area contributed by atoms with Crippen LogP contribution in [0.25, 0.3) is 0 Å². The van der Waals surface area contributed by atoms with Gasteiger partial charge < -0.3 is 14.4 Å². The fourth-order valence-electron chi connectivity index (χ4n) is 3.06. The third-order valence-corrected chi connectivity index (χ3v) is 4.27. The number of nitrogens with zero attached hydrogens (tertiary/aromatic N) is 2. The molecule has 2 aliphatic rings. The van der Waals surface area contributed by atoms with Gasteiger partial charge in [-0.05, 0) is 48.7 Å². The molecular weight excluding hydrogens is 280 g/mol. The third-order valence-electron chi connectivity index (χ3n) is 4.27. The number of pyridine rings is 1. The molecule has 5 heteroatoms. The first kappa shape index (κ1) is 13.1. The molecule has 1 atom stereocenters. The molecule has 1 amide bonds. The molecule has 0 fully saturated rings. The number of fused-ring (bicyclic) bond motifs is 2. The fraction of sp³-hybridized carbons (Fsp3) is 0.294. The predicted molar refractivity (Wildman–Crippen MR) is 79.8 cm³/mol. The number of ether oxygens (including phenoxy) is 2. The van der Waals surface area contributed by atoms with E-state index in [1.165, 1.54) is 5.56 Å². The molecular formula is C17H16N2O3. The topological polar surface area (TPSA) is 51.7 Å². The van der Waals surface area contributed by atoms with Crippen LogP contribution in [0.1, 0.15) is 28.4 Å². The van der Waals surface area contributed by atoms with E-state index in [4.69, 9.17) is 9.47 Å². The van der Waals surface area contributed by atoms with Crippen molar-refractivity contribution in [2.24, 2.45) is 0 Å². The van der Waals surface area contributed by atoms with Crippen LogP contribution >= 0.6 is 0 Å². The minimum absolute atomic E-state index is 0.0400. The Balaban J connectivity index is 1.66. The van der Waals surface area contributed by atoms with E-state index in [1.54, 1.807) is 24.5 Å². The summed E-state index contributed by atoms with van der Waals surface area (Å²) in [6.07, 6.45) is 4.12. The Morgan fingerprint density at radius 2 is 1.86 bits per heavy atom. The van der Waals surface area contributed by atoms with Gasteiger partial charge in [-0.25, -0.2) is 0 Å². The van der Waals surface area contributed by atoms with Gasteiger partial charge in [0.15, 0.2) is 11.5 Å². The Bertz CT molecular complexity index is 730. The number of amides is 1. The van der Waals surface area contributed by atoms with Crippen LogP contribution in [0.4, 0.5) is 0 Å². The second-order valence-corrected chi connectivity index (χ2v) is 5.70. The number of rotatable bonds is 1. The molecule has 22 heavy (non-hydrogen) atoms. The quantitative estimate of drug-likeness (QED) is 0.811. The molecule has 5 nitrogen and oxygen atoms in total. The summed E-state index contributed by atoms with van der Waals surface area (Å²) in [4.78, 5) is 18.6. The van der Waals surface area contributed by atoms with Gasteiger partial charge in [-0.2, -0.15) is 0 Å². The second-order valence-electron chi connectivity index (χ2n) is 5.70. The smallest absolute Gasteiger partial charge is 0.254 e. The minimum Gasteiger partial charge on any atom is -0.454 e. The van der Waals surface area contributed by atoms with E-state index in [9.17, 15) is 4.79 Å². The van der Waals surface area contributed by atoms with Gasteiger partial charge in [0.25, 0.3) is 5.91 Å². The first-order valence-electron chi connectivity index (χ1n) is 7.35. The normalized spacial score (nSPS) is 19.0. The van der Waals surface area contributed by atoms with Crippen LogP contribution in [0.3, 0.4) is 0 Å². The average molecular weight is 296 g/mol. The lowest BCUT2D eigenvalue weighted by atomic mass is 9.93. The molecule has 112 valence electrons. The number of carbonyl (C=O) groups is 1. The maximum atomic E-state index is 12.7. The highest BCUT2D eigenvalue weighted by atomic mass is 16.7. The molecule has 4 rings (SSSR count). The third kappa shape index (κ3) is 2.09. The van der Waals surface area contributed by atoms with Gasteiger partial charge >= 0.3 is 0 Å². The summed E-state index contributed by atoms with van der Waals surface area (Å²) < 4.78 is 10.9. The lowest BCUT2D eigenvalue weighted by molar-refractivity contribution is 0.0658. The number of aromatic nitrogens is 1. The van der Waals surface area contributed by atoms with E-state index >= 15 is 0 Å². The lowest BCUT2D eigenvalue weighted by Gasteiger charge is -2.35. The highest BCUT2D eigenvalue weighted by molar-refractivity contribution is 5.94. The first-order chi connectivity index (χ1) is 10.7. The van der Waals surface area contributed by atoms with Crippen molar-refractivity contribution in [3.8, 4) is 11.5 Å². The summed E-state index contributed by atoms with van der Waals surface area (Å²) in [6, 6.07) is 7.70. The average Bonchev–Trinajstić information content (AvgIpc) is 2.99. The molecule has 1 aromatic carbocycles. The van der Waals surface area contributed by atoms with Crippen molar-refractivity contribution < 1.29 is 14.3 Å². The van der Waals surface area contributed by atoms with Gasteiger partial charge in [0.05, 0.1) is 0 Å². The molecule has 0 radical (unpaired) electrons. The molecule has 0 spiro atoms. The molecule has 3 heterocycles. The molecule has 0 saturated heterocycles. The van der Waals surface area contributed by atoms with Crippen molar-refractivity contribution in [3.05, 3.63) is 53.3 Å². The van der Waals surface area contributed by atoms with Crippen LogP contribution < -0.4 is 9.47 Å². The summed E-state index contributed by atoms with van der Waals surface area (Å²) in [5, 5.41) is 0. The molecule has 1 unspecified atom stereocenters. The Hall–Kier alpha value is -2.56. The van der Waals surface area contributed by atoms with Crippen LogP contribution in [-0.4, -0.2) is 28.6 Å². The summed E-state index contributed by atoms with van der Waals surface area (Å²) in [5.41, 5.74) is 3.03. The maximum Gasteiger partial charge on any atom is 0.254 e. The molecule has 0 N–H and O–H groups in total. The van der Waals surface area contributed by atoms with E-state index < -0.39 is 0 Å². The number of hydrogen-bond donors (Lipinski definition) is 0. The maximum absolute atomic E-state index is 12.7. The van der Waals surface area contributed by atoms with Crippen molar-refractivity contribution in [2.45, 2.75) is 25.9 Å². The fourth-order valence-corrected chi connectivity index (χ4v) is 3.06. The predicted octanol–water partition coefficient (Wildman–Crippen LogP) is 2.40. The van der Waals surface area contributed by atoms with Crippen LogP contribution in [0.15, 0.2) is 36.7 Å². The Labute approximate surface area is 128 Å². The number of carbonyl (C=O) groups excluding carboxylic acids is 1. The highest BCUT2D eigenvalue weighted by Gasteiger charge is 2.29. The van der Waals surface area contributed by atoms with Crippen molar-refractivity contribution in [3.63, 3.8) is 0 Å². The van der Waals surface area contributed by atoms with Gasteiger partial charge in [-0.15, -0.1) is 0 Å². The second kappa shape index (κ2) is 5.02. The number of hydrogen-bond acceptors (Lipinski definition) is 4. The van der Waals surface area contributed by atoms with Crippen LogP contribution in [0.5, 0.6) is 11.5 Å². The highest BCUT2D eigenvalue weighted by Crippen LogP contribution is 2.37.